The van der Waals surface area contributed by atoms with Crippen LogP contribution in [0.5, 0.6) is 0 Å². The van der Waals surface area contributed by atoms with E-state index >= 15 is 0 Å². The van der Waals surface area contributed by atoms with Crippen LogP contribution in [0, 0.1) is 5.92 Å². The molecule has 4 rings (SSSR count). The number of nitrogens with zero attached hydrogens (tertiary/aromatic N) is 2. The van der Waals surface area contributed by atoms with Gasteiger partial charge in [-0.3, -0.25) is 4.79 Å². The maximum absolute atomic E-state index is 12.7. The van der Waals surface area contributed by atoms with Crippen LogP contribution in [-0.2, 0) is 11.2 Å². The molecule has 7 heteroatoms. The quantitative estimate of drug-likeness (QED) is 0.567. The Morgan fingerprint density at radius 1 is 1.31 bits per heavy atom. The number of aromatic nitrogens is 2. The van der Waals surface area contributed by atoms with Crippen molar-refractivity contribution in [3.8, 4) is 0 Å². The molecule has 0 aliphatic carbocycles. The fraction of sp³-hybridized carbons (Fsp3) is 0.364. The molecule has 1 amide bonds. The summed E-state index contributed by atoms with van der Waals surface area (Å²) in [5.74, 6) is 0.933. The normalized spacial score (nSPS) is 16.9. The molecular weight excluding hydrogens is 404 g/mol. The lowest BCUT2D eigenvalue weighted by molar-refractivity contribution is -0.125. The lowest BCUT2D eigenvalue weighted by Gasteiger charge is -2.31. The molecule has 1 saturated heterocycles. The Labute approximate surface area is 180 Å². The fourth-order valence-corrected chi connectivity index (χ4v) is 4.35. The van der Waals surface area contributed by atoms with Gasteiger partial charge in [0.1, 0.15) is 0 Å². The van der Waals surface area contributed by atoms with Crippen LogP contribution in [-0.4, -0.2) is 41.8 Å². The molecule has 1 aliphatic heterocycles. The van der Waals surface area contributed by atoms with Crippen molar-refractivity contribution in [2.24, 2.45) is 5.92 Å². The number of benzene rings is 2. The van der Waals surface area contributed by atoms with E-state index in [1.807, 2.05) is 18.2 Å². The summed E-state index contributed by atoms with van der Waals surface area (Å²) in [4.78, 5) is 24.1. The number of anilines is 1. The van der Waals surface area contributed by atoms with Gasteiger partial charge in [0.05, 0.1) is 17.0 Å². The van der Waals surface area contributed by atoms with Crippen molar-refractivity contribution in [3.63, 3.8) is 0 Å². The number of rotatable bonds is 6. The van der Waals surface area contributed by atoms with Gasteiger partial charge < -0.3 is 15.2 Å². The maximum atomic E-state index is 12.7. The van der Waals surface area contributed by atoms with E-state index in [4.69, 9.17) is 11.6 Å². The number of piperidine rings is 1. The first-order chi connectivity index (χ1) is 14.1. The number of carbonyl (C=O) groups excluding carboxylic acids is 1. The number of imidazole rings is 1. The molecule has 1 aliphatic rings. The highest BCUT2D eigenvalue weighted by atomic mass is 35.5. The molecule has 152 valence electrons. The first-order valence-corrected chi connectivity index (χ1v) is 11.5. The minimum Gasteiger partial charge on any atom is -0.355 e. The molecule has 0 saturated carbocycles. The molecule has 1 fully saturated rings. The lowest BCUT2D eigenvalue weighted by Crippen LogP contribution is -2.43. The van der Waals surface area contributed by atoms with Crippen molar-refractivity contribution < 1.29 is 4.79 Å². The Hall–Kier alpha value is -2.18. The summed E-state index contributed by atoms with van der Waals surface area (Å²) in [5, 5.41) is 3.80. The van der Waals surface area contributed by atoms with E-state index in [1.54, 1.807) is 11.8 Å². The molecule has 2 heterocycles. The summed E-state index contributed by atoms with van der Waals surface area (Å²) in [7, 11) is 0. The molecule has 1 atom stereocenters. The van der Waals surface area contributed by atoms with Crippen LogP contribution >= 0.6 is 23.4 Å². The summed E-state index contributed by atoms with van der Waals surface area (Å²) in [6, 6.07) is 14.2. The SMILES string of the molecule is CSc1ccc(CCNC(=O)[C@H]2CCCN(c3nc4ccc(Cl)cc4[nH]3)C2)cc1. The molecule has 5 nitrogen and oxygen atoms in total. The van der Waals surface area contributed by atoms with Gasteiger partial charge in [-0.15, -0.1) is 11.8 Å². The second kappa shape index (κ2) is 9.09. The second-order valence-corrected chi connectivity index (χ2v) is 8.71. The number of fused-ring (bicyclic) bond motifs is 1. The standard InChI is InChI=1S/C22H25ClN4OS/c1-29-18-7-4-15(5-8-18)10-11-24-21(28)16-3-2-12-27(14-16)22-25-19-9-6-17(23)13-20(19)26-22/h4-9,13,16H,2-3,10-12,14H2,1H3,(H,24,28)(H,25,26)/t16-/m0/s1. The van der Waals surface area contributed by atoms with E-state index in [9.17, 15) is 4.79 Å². The van der Waals surface area contributed by atoms with E-state index in [-0.39, 0.29) is 11.8 Å². The molecule has 2 aromatic carbocycles. The highest BCUT2D eigenvalue weighted by molar-refractivity contribution is 7.98. The maximum Gasteiger partial charge on any atom is 0.224 e. The Bertz CT molecular complexity index is 988. The minimum absolute atomic E-state index is 0.0144. The summed E-state index contributed by atoms with van der Waals surface area (Å²) >= 11 is 7.81. The number of hydrogen-bond acceptors (Lipinski definition) is 4. The number of nitrogens with one attached hydrogen (secondary N) is 2. The van der Waals surface area contributed by atoms with E-state index in [2.05, 4.69) is 50.7 Å². The molecule has 3 aromatic rings. The minimum atomic E-state index is -0.0144. The summed E-state index contributed by atoms with van der Waals surface area (Å²) in [6.07, 6.45) is 4.81. The highest BCUT2D eigenvalue weighted by Gasteiger charge is 2.27. The topological polar surface area (TPSA) is 61.0 Å². The number of hydrogen-bond donors (Lipinski definition) is 2. The molecular formula is C22H25ClN4OS. The Kier molecular flexibility index (Phi) is 6.31. The van der Waals surface area contributed by atoms with Crippen LogP contribution in [0.4, 0.5) is 5.95 Å². The Balaban J connectivity index is 1.32. The van der Waals surface area contributed by atoms with E-state index in [0.29, 0.717) is 18.1 Å². The van der Waals surface area contributed by atoms with Gasteiger partial charge >= 0.3 is 0 Å². The monoisotopic (exact) mass is 428 g/mol. The third-order valence-corrected chi connectivity index (χ3v) is 6.37. The zero-order chi connectivity index (χ0) is 20.2. The van der Waals surface area contributed by atoms with E-state index in [1.165, 1.54) is 10.5 Å². The first kappa shape index (κ1) is 20.1. The van der Waals surface area contributed by atoms with Crippen molar-refractivity contribution in [1.29, 1.82) is 0 Å². The number of thioether (sulfide) groups is 1. The van der Waals surface area contributed by atoms with Gasteiger partial charge in [0.25, 0.3) is 0 Å². The zero-order valence-electron chi connectivity index (χ0n) is 16.5. The number of amides is 1. The van der Waals surface area contributed by atoms with Crippen LogP contribution in [0.3, 0.4) is 0 Å². The molecule has 1 aromatic heterocycles. The smallest absolute Gasteiger partial charge is 0.224 e. The van der Waals surface area contributed by atoms with E-state index < -0.39 is 0 Å². The van der Waals surface area contributed by atoms with Crippen molar-refractivity contribution in [3.05, 3.63) is 53.1 Å². The number of halogens is 1. The van der Waals surface area contributed by atoms with Crippen molar-refractivity contribution in [1.82, 2.24) is 15.3 Å². The van der Waals surface area contributed by atoms with Gasteiger partial charge in [-0.1, -0.05) is 23.7 Å². The first-order valence-electron chi connectivity index (χ1n) is 9.93. The predicted molar refractivity (Wildman–Crippen MR) is 121 cm³/mol. The summed E-state index contributed by atoms with van der Waals surface area (Å²) in [6.45, 7) is 2.25. The van der Waals surface area contributed by atoms with Gasteiger partial charge in [0.2, 0.25) is 11.9 Å². The number of H-pyrrole nitrogens is 1. The predicted octanol–water partition coefficient (Wildman–Crippen LogP) is 4.51. The van der Waals surface area contributed by atoms with Crippen molar-refractivity contribution in [2.45, 2.75) is 24.2 Å². The lowest BCUT2D eigenvalue weighted by atomic mass is 9.97. The molecule has 29 heavy (non-hydrogen) atoms. The molecule has 2 N–H and O–H groups in total. The Morgan fingerprint density at radius 3 is 2.93 bits per heavy atom. The fourth-order valence-electron chi connectivity index (χ4n) is 3.77. The van der Waals surface area contributed by atoms with E-state index in [0.717, 1.165) is 42.8 Å². The van der Waals surface area contributed by atoms with Crippen LogP contribution in [0.1, 0.15) is 18.4 Å². The summed E-state index contributed by atoms with van der Waals surface area (Å²) in [5.41, 5.74) is 3.06. The summed E-state index contributed by atoms with van der Waals surface area (Å²) < 4.78 is 0. The molecule has 0 spiro atoms. The van der Waals surface area contributed by atoms with Crippen molar-refractivity contribution >= 4 is 46.3 Å². The number of carbonyl (C=O) groups is 1. The molecule has 0 radical (unpaired) electrons. The van der Waals surface area contributed by atoms with Gasteiger partial charge in [-0.25, -0.2) is 4.98 Å². The second-order valence-electron chi connectivity index (χ2n) is 7.40. The largest absolute Gasteiger partial charge is 0.355 e. The van der Waals surface area contributed by atoms with Crippen molar-refractivity contribution in [2.75, 3.05) is 30.8 Å². The highest BCUT2D eigenvalue weighted by Crippen LogP contribution is 2.25. The van der Waals surface area contributed by atoms with Gasteiger partial charge in [0, 0.05) is 29.6 Å². The van der Waals surface area contributed by atoms with Gasteiger partial charge in [-0.05, 0) is 61.4 Å². The van der Waals surface area contributed by atoms with Crippen LogP contribution < -0.4 is 10.2 Å². The van der Waals surface area contributed by atoms with Gasteiger partial charge in [0.15, 0.2) is 0 Å². The van der Waals surface area contributed by atoms with Gasteiger partial charge in [-0.2, -0.15) is 0 Å². The molecule has 0 bridgehead atoms. The Morgan fingerprint density at radius 2 is 2.14 bits per heavy atom. The van der Waals surface area contributed by atoms with Crippen LogP contribution in [0.15, 0.2) is 47.4 Å². The average molecular weight is 429 g/mol. The third-order valence-electron chi connectivity index (χ3n) is 5.40. The average Bonchev–Trinajstić information content (AvgIpc) is 3.17. The molecule has 0 unspecified atom stereocenters. The zero-order valence-corrected chi connectivity index (χ0v) is 18.0. The van der Waals surface area contributed by atoms with Crippen LogP contribution in [0.2, 0.25) is 5.02 Å². The number of aromatic amines is 1. The van der Waals surface area contributed by atoms with Crippen LogP contribution in [0.25, 0.3) is 11.0 Å². The third kappa shape index (κ3) is 4.87.